The van der Waals surface area contributed by atoms with Gasteiger partial charge in [-0.1, -0.05) is 49.6 Å². The molecular weight excluding hydrogens is 499 g/mol. The van der Waals surface area contributed by atoms with Crippen LogP contribution in [-0.4, -0.2) is 0 Å². The van der Waals surface area contributed by atoms with E-state index in [1.165, 1.54) is 17.7 Å². The molecule has 0 aliphatic carbocycles. The van der Waals surface area contributed by atoms with Gasteiger partial charge in [0.25, 0.3) is 0 Å². The number of benzene rings is 3. The van der Waals surface area contributed by atoms with E-state index in [1.807, 2.05) is 26.0 Å². The number of hydrogen-bond acceptors (Lipinski definition) is 3. The highest BCUT2D eigenvalue weighted by Gasteiger charge is 2.10. The van der Waals surface area contributed by atoms with Gasteiger partial charge in [-0.3, -0.25) is 0 Å². The summed E-state index contributed by atoms with van der Waals surface area (Å²) in [6, 6.07) is 17.7. The molecule has 3 aromatic rings. The van der Waals surface area contributed by atoms with Crippen LogP contribution in [0, 0.1) is 49.3 Å². The summed E-state index contributed by atoms with van der Waals surface area (Å²) in [5.41, 5.74) is 3.95. The van der Waals surface area contributed by atoms with Gasteiger partial charge in [-0.25, -0.2) is 4.39 Å². The molecule has 0 atom stereocenters. The summed E-state index contributed by atoms with van der Waals surface area (Å²) >= 11 is 6.47. The van der Waals surface area contributed by atoms with Crippen molar-refractivity contribution in [2.75, 3.05) is 0 Å². The maximum atomic E-state index is 12.6. The van der Waals surface area contributed by atoms with Crippen molar-refractivity contribution in [3.63, 3.8) is 0 Å². The molecule has 0 saturated heterocycles. The first-order chi connectivity index (χ1) is 13.7. The second-order valence-electron chi connectivity index (χ2n) is 6.32. The average Bonchev–Trinajstić information content (AvgIpc) is 2.65. The molecule has 0 heterocycles. The van der Waals surface area contributed by atoms with E-state index in [0.29, 0.717) is 15.8 Å². The number of rotatable bonds is 2. The molecule has 0 fully saturated rings. The molecule has 0 N–H and O–H groups in total. The third kappa shape index (κ3) is 6.15. The highest BCUT2D eigenvalue weighted by atomic mass is 79.9. The van der Waals surface area contributed by atoms with Crippen molar-refractivity contribution in [3.8, 4) is 23.6 Å². The van der Waals surface area contributed by atoms with E-state index < -0.39 is 5.82 Å². The molecule has 0 spiro atoms. The summed E-state index contributed by atoms with van der Waals surface area (Å²) in [5, 5.41) is 17.4. The first kappa shape index (κ1) is 22.6. The molecule has 0 bridgehead atoms. The second-order valence-corrected chi connectivity index (χ2v) is 8.15. The van der Waals surface area contributed by atoms with Crippen LogP contribution in [0.3, 0.4) is 0 Å². The van der Waals surface area contributed by atoms with Gasteiger partial charge in [-0.2, -0.15) is 10.5 Å². The summed E-state index contributed by atoms with van der Waals surface area (Å²) in [7, 11) is 0. The van der Waals surface area contributed by atoms with Crippen molar-refractivity contribution < 1.29 is 9.13 Å². The Kier molecular flexibility index (Phi) is 7.96. The van der Waals surface area contributed by atoms with Crippen LogP contribution in [0.15, 0.2) is 57.5 Å². The van der Waals surface area contributed by atoms with E-state index >= 15 is 0 Å². The SMILES string of the molecule is Cc1cc(C)c(Oc2cc(Br)ccc2C#N)c(C)c1.N#Cc1ccc(Br)cc1F. The molecular formula is C23H17Br2FN2O. The Morgan fingerprint density at radius 1 is 0.793 bits per heavy atom. The van der Waals surface area contributed by atoms with Gasteiger partial charge in [-0.05, 0) is 68.3 Å². The monoisotopic (exact) mass is 514 g/mol. The lowest BCUT2D eigenvalue weighted by atomic mass is 10.1. The van der Waals surface area contributed by atoms with E-state index in [-0.39, 0.29) is 5.56 Å². The summed E-state index contributed by atoms with van der Waals surface area (Å²) < 4.78 is 20.1. The second kappa shape index (κ2) is 10.2. The fourth-order valence-corrected chi connectivity index (χ4v) is 3.36. The van der Waals surface area contributed by atoms with Gasteiger partial charge in [0.1, 0.15) is 29.5 Å². The van der Waals surface area contributed by atoms with Gasteiger partial charge in [0.2, 0.25) is 0 Å². The minimum Gasteiger partial charge on any atom is -0.455 e. The molecule has 0 aliphatic heterocycles. The molecule has 0 saturated carbocycles. The fourth-order valence-electron chi connectivity index (χ4n) is 2.69. The first-order valence-electron chi connectivity index (χ1n) is 8.55. The van der Waals surface area contributed by atoms with E-state index in [1.54, 1.807) is 18.2 Å². The number of nitriles is 2. The zero-order valence-corrected chi connectivity index (χ0v) is 19.2. The Hall–Kier alpha value is -2.67. The third-order valence-corrected chi connectivity index (χ3v) is 4.92. The molecule has 3 nitrogen and oxygen atoms in total. The van der Waals surface area contributed by atoms with Gasteiger partial charge in [0.05, 0.1) is 11.1 Å². The van der Waals surface area contributed by atoms with Crippen molar-refractivity contribution in [3.05, 3.63) is 91.1 Å². The van der Waals surface area contributed by atoms with Crippen molar-refractivity contribution in [2.24, 2.45) is 0 Å². The molecule has 0 aromatic heterocycles. The lowest BCUT2D eigenvalue weighted by Gasteiger charge is -2.14. The summed E-state index contributed by atoms with van der Waals surface area (Å²) in [4.78, 5) is 0. The number of nitrogens with zero attached hydrogens (tertiary/aromatic N) is 2. The van der Waals surface area contributed by atoms with Crippen LogP contribution in [-0.2, 0) is 0 Å². The van der Waals surface area contributed by atoms with E-state index in [2.05, 4.69) is 57.0 Å². The van der Waals surface area contributed by atoms with Crippen molar-refractivity contribution in [2.45, 2.75) is 20.8 Å². The first-order valence-corrected chi connectivity index (χ1v) is 10.1. The zero-order valence-electron chi connectivity index (χ0n) is 16.1. The normalized spacial score (nSPS) is 9.66. The van der Waals surface area contributed by atoms with Crippen LogP contribution in [0.4, 0.5) is 4.39 Å². The van der Waals surface area contributed by atoms with Crippen molar-refractivity contribution >= 4 is 31.9 Å². The smallest absolute Gasteiger partial charge is 0.146 e. The molecule has 146 valence electrons. The van der Waals surface area contributed by atoms with E-state index in [4.69, 9.17) is 15.3 Å². The van der Waals surface area contributed by atoms with E-state index in [0.717, 1.165) is 21.3 Å². The van der Waals surface area contributed by atoms with Crippen LogP contribution in [0.1, 0.15) is 27.8 Å². The predicted molar refractivity (Wildman–Crippen MR) is 118 cm³/mol. The lowest BCUT2D eigenvalue weighted by Crippen LogP contribution is -1.94. The Labute approximate surface area is 186 Å². The molecule has 0 radical (unpaired) electrons. The molecule has 3 aromatic carbocycles. The van der Waals surface area contributed by atoms with Gasteiger partial charge in [0, 0.05) is 8.95 Å². The summed E-state index contributed by atoms with van der Waals surface area (Å²) in [6.07, 6.45) is 0. The predicted octanol–water partition coefficient (Wildman–Crippen LogP) is 7.50. The third-order valence-electron chi connectivity index (χ3n) is 3.93. The maximum absolute atomic E-state index is 12.6. The molecule has 3 rings (SSSR count). The van der Waals surface area contributed by atoms with Crippen molar-refractivity contribution in [1.29, 1.82) is 10.5 Å². The minimum absolute atomic E-state index is 0.0724. The fraction of sp³-hybridized carbons (Fsp3) is 0.130. The van der Waals surface area contributed by atoms with Gasteiger partial charge >= 0.3 is 0 Å². The number of halogens is 3. The Morgan fingerprint density at radius 3 is 1.83 bits per heavy atom. The van der Waals surface area contributed by atoms with Crippen molar-refractivity contribution in [1.82, 2.24) is 0 Å². The zero-order chi connectivity index (χ0) is 21.6. The lowest BCUT2D eigenvalue weighted by molar-refractivity contribution is 0.473. The van der Waals surface area contributed by atoms with Crippen LogP contribution < -0.4 is 4.74 Å². The van der Waals surface area contributed by atoms with Gasteiger partial charge in [0.15, 0.2) is 0 Å². The summed E-state index contributed by atoms with van der Waals surface area (Å²) in [6.45, 7) is 6.09. The quantitative estimate of drug-likeness (QED) is 0.355. The molecule has 0 amide bonds. The molecule has 29 heavy (non-hydrogen) atoms. The number of ether oxygens (including phenoxy) is 1. The Morgan fingerprint density at radius 2 is 1.31 bits per heavy atom. The van der Waals surface area contributed by atoms with Crippen LogP contribution in [0.2, 0.25) is 0 Å². The maximum Gasteiger partial charge on any atom is 0.146 e. The topological polar surface area (TPSA) is 56.8 Å². The Bertz CT molecular complexity index is 1110. The highest BCUT2D eigenvalue weighted by molar-refractivity contribution is 9.10. The van der Waals surface area contributed by atoms with E-state index in [9.17, 15) is 4.39 Å². The van der Waals surface area contributed by atoms with Gasteiger partial charge in [-0.15, -0.1) is 0 Å². The van der Waals surface area contributed by atoms with Crippen LogP contribution in [0.5, 0.6) is 11.5 Å². The molecule has 0 aliphatic rings. The number of hydrogen-bond donors (Lipinski definition) is 0. The standard InChI is InChI=1S/C16H14BrNO.C7H3BrFN/c1-10-6-11(2)16(12(3)7-10)19-15-8-14(17)5-4-13(15)9-18;8-6-2-1-5(4-10)7(9)3-6/h4-8H,1-3H3;1-3H. The Balaban J connectivity index is 0.000000253. The largest absolute Gasteiger partial charge is 0.455 e. The van der Waals surface area contributed by atoms with Crippen LogP contribution >= 0.6 is 31.9 Å². The summed E-state index contributed by atoms with van der Waals surface area (Å²) in [5.74, 6) is 0.906. The van der Waals surface area contributed by atoms with Crippen LogP contribution in [0.25, 0.3) is 0 Å². The van der Waals surface area contributed by atoms with Gasteiger partial charge < -0.3 is 4.74 Å². The number of aryl methyl sites for hydroxylation is 3. The highest BCUT2D eigenvalue weighted by Crippen LogP contribution is 2.33. The molecule has 6 heteroatoms. The minimum atomic E-state index is -0.489. The molecule has 0 unspecified atom stereocenters. The average molecular weight is 516 g/mol.